The zero-order chi connectivity index (χ0) is 20.1. The number of ether oxygens (including phenoxy) is 3. The van der Waals surface area contributed by atoms with Crippen LogP contribution in [0.1, 0.15) is 6.42 Å². The molecule has 1 aliphatic rings. The van der Waals surface area contributed by atoms with Gasteiger partial charge in [0.25, 0.3) is 0 Å². The summed E-state index contributed by atoms with van der Waals surface area (Å²) in [4.78, 5) is 26.3. The summed E-state index contributed by atoms with van der Waals surface area (Å²) in [5, 5.41) is 5.59. The summed E-state index contributed by atoms with van der Waals surface area (Å²) in [5.41, 5.74) is 1.30. The second kappa shape index (κ2) is 8.51. The van der Waals surface area contributed by atoms with Gasteiger partial charge in [-0.05, 0) is 24.3 Å². The molecular weight excluding hydrogens is 362 g/mol. The molecule has 1 saturated heterocycles. The van der Waals surface area contributed by atoms with E-state index < -0.39 is 0 Å². The summed E-state index contributed by atoms with van der Waals surface area (Å²) in [7, 11) is 4.66. The molecule has 1 fully saturated rings. The number of hydrogen-bond donors (Lipinski definition) is 2. The lowest BCUT2D eigenvalue weighted by Gasteiger charge is -2.19. The number of amides is 3. The van der Waals surface area contributed by atoms with Crippen molar-refractivity contribution in [3.63, 3.8) is 0 Å². The molecule has 0 bridgehead atoms. The van der Waals surface area contributed by atoms with E-state index >= 15 is 0 Å². The number of nitrogens with zero attached hydrogens (tertiary/aromatic N) is 1. The van der Waals surface area contributed by atoms with Crippen LogP contribution in [0.15, 0.2) is 42.5 Å². The molecule has 28 heavy (non-hydrogen) atoms. The van der Waals surface area contributed by atoms with Crippen LogP contribution in [0.25, 0.3) is 0 Å². The summed E-state index contributed by atoms with van der Waals surface area (Å²) >= 11 is 0. The Morgan fingerprint density at radius 2 is 1.82 bits per heavy atom. The van der Waals surface area contributed by atoms with Crippen molar-refractivity contribution >= 4 is 23.3 Å². The fourth-order valence-corrected chi connectivity index (χ4v) is 3.10. The van der Waals surface area contributed by atoms with Crippen LogP contribution in [0.4, 0.5) is 16.2 Å². The fraction of sp³-hybridized carbons (Fsp3) is 0.300. The molecule has 8 heteroatoms. The van der Waals surface area contributed by atoms with E-state index in [-0.39, 0.29) is 24.4 Å². The molecule has 2 N–H and O–H groups in total. The van der Waals surface area contributed by atoms with Gasteiger partial charge in [0.15, 0.2) is 11.5 Å². The molecule has 0 spiro atoms. The van der Waals surface area contributed by atoms with Crippen molar-refractivity contribution in [2.45, 2.75) is 12.5 Å². The van der Waals surface area contributed by atoms with Gasteiger partial charge in [0.05, 0.1) is 27.4 Å². The molecule has 8 nitrogen and oxygen atoms in total. The Hall–Kier alpha value is -3.42. The second-order valence-corrected chi connectivity index (χ2v) is 6.28. The number of methoxy groups -OCH3 is 3. The van der Waals surface area contributed by atoms with Gasteiger partial charge in [-0.3, -0.25) is 4.79 Å². The van der Waals surface area contributed by atoms with Crippen molar-refractivity contribution in [2.24, 2.45) is 0 Å². The highest BCUT2D eigenvalue weighted by atomic mass is 16.5. The summed E-state index contributed by atoms with van der Waals surface area (Å²) in [6.07, 6.45) is 0.222. The van der Waals surface area contributed by atoms with E-state index in [4.69, 9.17) is 14.2 Å². The SMILES string of the molecule is COc1cccc(NC(=O)NC2CC(=O)N(c3ccc(OC)c(OC)c3)C2)c1. The fourth-order valence-electron chi connectivity index (χ4n) is 3.10. The van der Waals surface area contributed by atoms with Crippen molar-refractivity contribution in [1.82, 2.24) is 5.32 Å². The molecule has 148 valence electrons. The molecule has 2 aromatic carbocycles. The average Bonchev–Trinajstić information content (AvgIpc) is 3.07. The van der Waals surface area contributed by atoms with E-state index in [0.29, 0.717) is 35.2 Å². The van der Waals surface area contributed by atoms with Crippen LogP contribution in [0.3, 0.4) is 0 Å². The maximum atomic E-state index is 12.4. The number of rotatable bonds is 6. The van der Waals surface area contributed by atoms with E-state index in [0.717, 1.165) is 0 Å². The minimum atomic E-state index is -0.375. The monoisotopic (exact) mass is 385 g/mol. The third-order valence-corrected chi connectivity index (χ3v) is 4.47. The van der Waals surface area contributed by atoms with Crippen LogP contribution in [-0.2, 0) is 4.79 Å². The van der Waals surface area contributed by atoms with E-state index in [9.17, 15) is 9.59 Å². The molecule has 1 atom stereocenters. The van der Waals surface area contributed by atoms with Gasteiger partial charge in [-0.25, -0.2) is 4.79 Å². The number of anilines is 2. The number of hydrogen-bond acceptors (Lipinski definition) is 5. The van der Waals surface area contributed by atoms with Gasteiger partial charge in [-0.1, -0.05) is 6.07 Å². The highest BCUT2D eigenvalue weighted by molar-refractivity contribution is 5.98. The van der Waals surface area contributed by atoms with Crippen LogP contribution in [0.5, 0.6) is 17.2 Å². The van der Waals surface area contributed by atoms with Crippen LogP contribution >= 0.6 is 0 Å². The smallest absolute Gasteiger partial charge is 0.319 e. The van der Waals surface area contributed by atoms with Crippen molar-refractivity contribution in [2.75, 3.05) is 38.1 Å². The van der Waals surface area contributed by atoms with Crippen LogP contribution in [-0.4, -0.2) is 45.9 Å². The Bertz CT molecular complexity index is 871. The lowest BCUT2D eigenvalue weighted by molar-refractivity contribution is -0.117. The Morgan fingerprint density at radius 1 is 1.04 bits per heavy atom. The van der Waals surface area contributed by atoms with Gasteiger partial charge in [0.1, 0.15) is 5.75 Å². The molecule has 3 amide bonds. The van der Waals surface area contributed by atoms with Crippen molar-refractivity contribution in [1.29, 1.82) is 0 Å². The van der Waals surface area contributed by atoms with Gasteiger partial charge >= 0.3 is 6.03 Å². The highest BCUT2D eigenvalue weighted by Gasteiger charge is 2.32. The first-order valence-electron chi connectivity index (χ1n) is 8.78. The van der Waals surface area contributed by atoms with E-state index in [2.05, 4.69) is 10.6 Å². The third-order valence-electron chi connectivity index (χ3n) is 4.47. The van der Waals surface area contributed by atoms with Gasteiger partial charge in [0.2, 0.25) is 5.91 Å². The van der Waals surface area contributed by atoms with Gasteiger partial charge < -0.3 is 29.7 Å². The minimum absolute atomic E-state index is 0.0705. The number of carbonyl (C=O) groups is 2. The minimum Gasteiger partial charge on any atom is -0.497 e. The molecule has 1 heterocycles. The number of carbonyl (C=O) groups excluding carboxylic acids is 2. The standard InChI is InChI=1S/C20H23N3O5/c1-26-16-6-4-5-13(9-16)21-20(25)22-14-10-19(24)23(12-14)15-7-8-17(27-2)18(11-15)28-3/h4-9,11,14H,10,12H2,1-3H3,(H2,21,22,25). The summed E-state index contributed by atoms with van der Waals surface area (Å²) in [6.45, 7) is 0.375. The number of nitrogens with one attached hydrogen (secondary N) is 2. The molecule has 2 aromatic rings. The second-order valence-electron chi connectivity index (χ2n) is 6.28. The van der Waals surface area contributed by atoms with Gasteiger partial charge in [-0.15, -0.1) is 0 Å². The normalized spacial score (nSPS) is 15.9. The molecule has 1 aliphatic heterocycles. The maximum Gasteiger partial charge on any atom is 0.319 e. The molecule has 0 saturated carbocycles. The molecular formula is C20H23N3O5. The highest BCUT2D eigenvalue weighted by Crippen LogP contribution is 2.33. The van der Waals surface area contributed by atoms with E-state index in [1.54, 1.807) is 68.7 Å². The maximum absolute atomic E-state index is 12.4. The van der Waals surface area contributed by atoms with Crippen molar-refractivity contribution < 1.29 is 23.8 Å². The first-order chi connectivity index (χ1) is 13.5. The van der Waals surface area contributed by atoms with Crippen molar-refractivity contribution in [3.8, 4) is 17.2 Å². The zero-order valence-corrected chi connectivity index (χ0v) is 16.0. The zero-order valence-electron chi connectivity index (χ0n) is 16.0. The van der Waals surface area contributed by atoms with Crippen molar-refractivity contribution in [3.05, 3.63) is 42.5 Å². The Labute approximate surface area is 163 Å². The predicted molar refractivity (Wildman–Crippen MR) is 105 cm³/mol. The van der Waals surface area contributed by atoms with Gasteiger partial charge in [0, 0.05) is 36.5 Å². The Kier molecular flexibility index (Phi) is 5.88. The molecule has 3 rings (SSSR count). The molecule has 0 aliphatic carbocycles. The first kappa shape index (κ1) is 19.3. The number of benzene rings is 2. The van der Waals surface area contributed by atoms with Crippen LogP contribution in [0.2, 0.25) is 0 Å². The van der Waals surface area contributed by atoms with Crippen LogP contribution in [0, 0.1) is 0 Å². The van der Waals surface area contributed by atoms with Crippen LogP contribution < -0.4 is 29.7 Å². The van der Waals surface area contributed by atoms with E-state index in [1.807, 2.05) is 0 Å². The Balaban J connectivity index is 1.63. The Morgan fingerprint density at radius 3 is 2.54 bits per heavy atom. The number of urea groups is 1. The average molecular weight is 385 g/mol. The summed E-state index contributed by atoms with van der Waals surface area (Å²) in [6, 6.07) is 11.7. The summed E-state index contributed by atoms with van der Waals surface area (Å²) in [5.74, 6) is 1.71. The predicted octanol–water partition coefficient (Wildman–Crippen LogP) is 2.64. The lowest BCUT2D eigenvalue weighted by atomic mass is 10.2. The van der Waals surface area contributed by atoms with Gasteiger partial charge in [-0.2, -0.15) is 0 Å². The first-order valence-corrected chi connectivity index (χ1v) is 8.78. The third kappa shape index (κ3) is 4.28. The summed E-state index contributed by atoms with van der Waals surface area (Å²) < 4.78 is 15.7. The molecule has 0 radical (unpaired) electrons. The quantitative estimate of drug-likeness (QED) is 0.798. The molecule has 1 unspecified atom stereocenters. The molecule has 0 aromatic heterocycles. The largest absolute Gasteiger partial charge is 0.497 e. The topological polar surface area (TPSA) is 89.1 Å². The van der Waals surface area contributed by atoms with E-state index in [1.165, 1.54) is 0 Å². The lowest BCUT2D eigenvalue weighted by Crippen LogP contribution is -2.39.